The lowest BCUT2D eigenvalue weighted by atomic mass is 9.92. The molecule has 2 heterocycles. The van der Waals surface area contributed by atoms with Crippen LogP contribution in [0.25, 0.3) is 11.1 Å². The number of nitrogens with zero attached hydrogens (tertiary/aromatic N) is 2. The molecule has 0 spiro atoms. The minimum atomic E-state index is -4.75. The predicted octanol–water partition coefficient (Wildman–Crippen LogP) is 4.04. The van der Waals surface area contributed by atoms with Gasteiger partial charge in [-0.15, -0.1) is 0 Å². The van der Waals surface area contributed by atoms with Crippen molar-refractivity contribution in [3.8, 4) is 11.1 Å². The van der Waals surface area contributed by atoms with E-state index in [9.17, 15) is 26.7 Å². The van der Waals surface area contributed by atoms with Crippen molar-refractivity contribution in [1.82, 2.24) is 9.21 Å². The summed E-state index contributed by atoms with van der Waals surface area (Å²) in [4.78, 5) is 2.30. The monoisotopic (exact) mass is 482 g/mol. The Balaban J connectivity index is 1.47. The fourth-order valence-electron chi connectivity index (χ4n) is 5.17. The third-order valence-electron chi connectivity index (χ3n) is 6.88. The van der Waals surface area contributed by atoms with E-state index in [0.29, 0.717) is 13.1 Å². The Bertz CT molecular complexity index is 1120. The fraction of sp³-hybridized carbons (Fsp3) is 0.500. The zero-order chi connectivity index (χ0) is 24.2. The summed E-state index contributed by atoms with van der Waals surface area (Å²) in [7, 11) is -3.19. The van der Waals surface area contributed by atoms with Gasteiger partial charge in [0.1, 0.15) is 0 Å². The molecule has 9 heteroatoms. The summed E-state index contributed by atoms with van der Waals surface area (Å²) >= 11 is 0. The average molecular weight is 483 g/mol. The van der Waals surface area contributed by atoms with Gasteiger partial charge in [0.25, 0.3) is 0 Å². The van der Waals surface area contributed by atoms with E-state index < -0.39 is 21.8 Å². The Morgan fingerprint density at radius 3 is 2.09 bits per heavy atom. The highest BCUT2D eigenvalue weighted by Crippen LogP contribution is 2.39. The first-order valence-corrected chi connectivity index (χ1v) is 12.8. The van der Waals surface area contributed by atoms with Gasteiger partial charge in [0.2, 0.25) is 10.0 Å². The smallest absolute Gasteiger partial charge is 0.376 e. The normalized spacial score (nSPS) is 24.1. The molecule has 1 N–H and O–H groups in total. The van der Waals surface area contributed by atoms with Gasteiger partial charge in [0.15, 0.2) is 5.60 Å². The molecule has 2 saturated heterocycles. The summed E-state index contributed by atoms with van der Waals surface area (Å²) in [6, 6.07) is 11.9. The molecule has 0 aromatic heterocycles. The molecular formula is C24H29F3N2O3S. The second-order valence-corrected chi connectivity index (χ2v) is 11.4. The van der Waals surface area contributed by atoms with Crippen LogP contribution in [-0.2, 0) is 22.2 Å². The number of benzene rings is 2. The fourth-order valence-corrected chi connectivity index (χ4v) is 6.59. The highest BCUT2D eigenvalue weighted by atomic mass is 32.2. The van der Waals surface area contributed by atoms with Gasteiger partial charge in [-0.1, -0.05) is 42.5 Å². The molecule has 2 aliphatic rings. The SMILES string of the molecule is Cc1cc(CN2CC3CCC(C2)N3S(C)(=O)=O)ccc1-c1ccc(C(C)(O)C(F)(F)F)cc1. The molecule has 2 bridgehead atoms. The van der Waals surface area contributed by atoms with E-state index in [1.807, 2.05) is 19.1 Å². The van der Waals surface area contributed by atoms with Crippen molar-refractivity contribution in [1.29, 1.82) is 0 Å². The average Bonchev–Trinajstić information content (AvgIpc) is 2.99. The van der Waals surface area contributed by atoms with Crippen LogP contribution >= 0.6 is 0 Å². The standard InChI is InChI=1S/C24H29F3N2O3S/c1-16-12-17(13-28-14-20-9-10-21(15-28)29(20)33(3,31)32)4-11-22(16)18-5-7-19(8-6-18)23(2,30)24(25,26)27/h4-8,11-12,20-21,30H,9-10,13-15H2,1-3H3. The van der Waals surface area contributed by atoms with Crippen LogP contribution in [0.3, 0.4) is 0 Å². The van der Waals surface area contributed by atoms with Crippen LogP contribution < -0.4 is 0 Å². The Kier molecular flexibility index (Phi) is 6.14. The molecule has 2 aliphatic heterocycles. The number of aliphatic hydroxyl groups is 1. The maximum absolute atomic E-state index is 13.1. The number of rotatable bonds is 5. The van der Waals surface area contributed by atoms with Gasteiger partial charge in [-0.3, -0.25) is 4.90 Å². The van der Waals surface area contributed by atoms with Crippen molar-refractivity contribution in [3.05, 3.63) is 59.2 Å². The van der Waals surface area contributed by atoms with Crippen LogP contribution in [0.5, 0.6) is 0 Å². The van der Waals surface area contributed by atoms with Gasteiger partial charge in [0, 0.05) is 31.7 Å². The minimum absolute atomic E-state index is 0.0338. The summed E-state index contributed by atoms with van der Waals surface area (Å²) in [6.45, 7) is 4.86. The van der Waals surface area contributed by atoms with E-state index in [4.69, 9.17) is 0 Å². The second kappa shape index (κ2) is 8.37. The molecule has 3 unspecified atom stereocenters. The Hall–Kier alpha value is -1.94. The maximum Gasteiger partial charge on any atom is 0.421 e. The number of fused-ring (bicyclic) bond motifs is 2. The van der Waals surface area contributed by atoms with Crippen LogP contribution in [0.4, 0.5) is 13.2 Å². The van der Waals surface area contributed by atoms with E-state index >= 15 is 0 Å². The lowest BCUT2D eigenvalue weighted by Gasteiger charge is -2.39. The predicted molar refractivity (Wildman–Crippen MR) is 121 cm³/mol. The summed E-state index contributed by atoms with van der Waals surface area (Å²) in [6.07, 6.45) is -1.68. The van der Waals surface area contributed by atoms with Gasteiger partial charge >= 0.3 is 6.18 Å². The molecule has 5 nitrogen and oxygen atoms in total. The molecule has 3 atom stereocenters. The van der Waals surface area contributed by atoms with Gasteiger partial charge in [-0.2, -0.15) is 17.5 Å². The van der Waals surface area contributed by atoms with Crippen molar-refractivity contribution in [3.63, 3.8) is 0 Å². The zero-order valence-corrected chi connectivity index (χ0v) is 19.7. The quantitative estimate of drug-likeness (QED) is 0.699. The maximum atomic E-state index is 13.1. The van der Waals surface area contributed by atoms with Crippen molar-refractivity contribution in [2.45, 2.75) is 57.1 Å². The molecule has 4 rings (SSSR count). The first-order chi connectivity index (χ1) is 15.3. The van der Waals surface area contributed by atoms with Crippen LogP contribution in [0, 0.1) is 6.92 Å². The highest BCUT2D eigenvalue weighted by Gasteiger charge is 2.51. The molecule has 2 aromatic carbocycles. The number of hydrogen-bond acceptors (Lipinski definition) is 4. The first kappa shape index (κ1) is 24.2. The van der Waals surface area contributed by atoms with Gasteiger partial charge in [-0.05, 0) is 54.5 Å². The zero-order valence-electron chi connectivity index (χ0n) is 18.9. The molecular weight excluding hydrogens is 453 g/mol. The van der Waals surface area contributed by atoms with Gasteiger partial charge < -0.3 is 5.11 Å². The van der Waals surface area contributed by atoms with Crippen LogP contribution in [0.15, 0.2) is 42.5 Å². The van der Waals surface area contributed by atoms with Gasteiger partial charge in [0.05, 0.1) is 6.26 Å². The first-order valence-electron chi connectivity index (χ1n) is 11.0. The largest absolute Gasteiger partial charge is 0.421 e. The summed E-state index contributed by atoms with van der Waals surface area (Å²) in [5.74, 6) is 0. The number of sulfonamides is 1. The van der Waals surface area contributed by atoms with E-state index in [1.165, 1.54) is 18.4 Å². The number of hydrogen-bond donors (Lipinski definition) is 1. The van der Waals surface area contributed by atoms with Crippen molar-refractivity contribution in [2.75, 3.05) is 19.3 Å². The van der Waals surface area contributed by atoms with Crippen LogP contribution in [0.1, 0.15) is 36.5 Å². The van der Waals surface area contributed by atoms with Crippen molar-refractivity contribution >= 4 is 10.0 Å². The van der Waals surface area contributed by atoms with E-state index in [-0.39, 0.29) is 17.6 Å². The summed E-state index contributed by atoms with van der Waals surface area (Å²) in [5, 5.41) is 9.87. The third-order valence-corrected chi connectivity index (χ3v) is 8.24. The molecule has 0 saturated carbocycles. The number of piperazine rings is 1. The Labute approximate surface area is 192 Å². The third kappa shape index (κ3) is 4.69. The lowest BCUT2D eigenvalue weighted by molar-refractivity contribution is -0.258. The van der Waals surface area contributed by atoms with Crippen molar-refractivity contribution < 1.29 is 26.7 Å². The van der Waals surface area contributed by atoms with Gasteiger partial charge in [-0.25, -0.2) is 8.42 Å². The molecule has 0 amide bonds. The van der Waals surface area contributed by atoms with E-state index in [0.717, 1.165) is 48.6 Å². The number of halogens is 3. The number of likely N-dealkylation sites (tertiary alicyclic amines) is 1. The second-order valence-electron chi connectivity index (χ2n) is 9.47. The van der Waals surface area contributed by atoms with Crippen molar-refractivity contribution in [2.24, 2.45) is 0 Å². The van der Waals surface area contributed by atoms with E-state index in [1.54, 1.807) is 16.4 Å². The molecule has 0 aliphatic carbocycles. The molecule has 2 fully saturated rings. The molecule has 33 heavy (non-hydrogen) atoms. The Morgan fingerprint density at radius 2 is 1.61 bits per heavy atom. The molecule has 2 aromatic rings. The van der Waals surface area contributed by atoms with E-state index in [2.05, 4.69) is 11.0 Å². The topological polar surface area (TPSA) is 60.9 Å². The highest BCUT2D eigenvalue weighted by molar-refractivity contribution is 7.88. The summed E-state index contributed by atoms with van der Waals surface area (Å²) < 4.78 is 65.1. The lowest BCUT2D eigenvalue weighted by Crippen LogP contribution is -2.54. The van der Waals surface area contributed by atoms with Crippen LogP contribution in [0.2, 0.25) is 0 Å². The summed E-state index contributed by atoms with van der Waals surface area (Å²) in [5.41, 5.74) is 0.710. The minimum Gasteiger partial charge on any atom is -0.376 e. The van der Waals surface area contributed by atoms with Crippen LogP contribution in [-0.4, -0.2) is 60.3 Å². The number of alkyl halides is 3. The number of aryl methyl sites for hydroxylation is 1. The molecule has 0 radical (unpaired) electrons. The Morgan fingerprint density at radius 1 is 1.03 bits per heavy atom. The molecule has 180 valence electrons.